The van der Waals surface area contributed by atoms with Gasteiger partial charge in [0.15, 0.2) is 0 Å². The molecule has 0 amide bonds. The molecule has 74 heavy (non-hydrogen) atoms. The Hall–Kier alpha value is -6.83. The summed E-state index contributed by atoms with van der Waals surface area (Å²) in [6, 6.07) is 24.4. The minimum absolute atomic E-state index is 0.0777. The van der Waals surface area contributed by atoms with Crippen LogP contribution in [0, 0.1) is 23.3 Å². The lowest BCUT2D eigenvalue weighted by Gasteiger charge is -2.32. The van der Waals surface area contributed by atoms with E-state index in [9.17, 15) is 45.0 Å². The van der Waals surface area contributed by atoms with Crippen molar-refractivity contribution in [2.75, 3.05) is 0 Å². The molecule has 8 aromatic rings. The first kappa shape index (κ1) is 52.0. The van der Waals surface area contributed by atoms with E-state index >= 15 is 0 Å². The van der Waals surface area contributed by atoms with Gasteiger partial charge in [0.05, 0.1) is 27.8 Å². The number of aliphatic hydroxyl groups excluding tert-OH is 1. The molecule has 4 aromatic heterocycles. The maximum absolute atomic E-state index is 14.1. The molecule has 6 nitrogen and oxygen atoms in total. The van der Waals surface area contributed by atoms with Gasteiger partial charge in [-0.05, 0) is 183 Å². The SMILES string of the molecule is Fc1ccc2nccc(C3CCCCC3(F)F)c2c1.Fc1ccc2nccc(C3CCCCC3(F)F)c2c1.O=C1CCCCC1c1ccnc2ccc(F)cc12.OC1=C(c2ccnc3ccc(F)cc23)CCCC1. The van der Waals surface area contributed by atoms with Gasteiger partial charge in [-0.2, -0.15) is 0 Å². The molecule has 3 fully saturated rings. The van der Waals surface area contributed by atoms with E-state index in [1.807, 2.05) is 12.1 Å². The Balaban J connectivity index is 0.000000121. The smallest absolute Gasteiger partial charge is 0.254 e. The van der Waals surface area contributed by atoms with Crippen molar-refractivity contribution in [2.45, 2.75) is 132 Å². The van der Waals surface area contributed by atoms with Crippen molar-refractivity contribution in [3.63, 3.8) is 0 Å². The maximum atomic E-state index is 14.1. The number of allylic oxidation sites excluding steroid dienone is 2. The second kappa shape index (κ2) is 22.7. The van der Waals surface area contributed by atoms with Crippen LogP contribution in [-0.2, 0) is 4.79 Å². The van der Waals surface area contributed by atoms with Gasteiger partial charge in [0.1, 0.15) is 29.1 Å². The fourth-order valence-corrected chi connectivity index (χ4v) is 11.2. The van der Waals surface area contributed by atoms with Crippen molar-refractivity contribution < 1.29 is 45.0 Å². The third-order valence-corrected chi connectivity index (χ3v) is 14.9. The molecule has 12 rings (SSSR count). The van der Waals surface area contributed by atoms with Crippen molar-refractivity contribution in [1.29, 1.82) is 0 Å². The van der Waals surface area contributed by atoms with Crippen LogP contribution in [0.1, 0.15) is 143 Å². The van der Waals surface area contributed by atoms with Crippen LogP contribution in [-0.4, -0.2) is 42.7 Å². The lowest BCUT2D eigenvalue weighted by molar-refractivity contribution is -0.121. The molecule has 4 heterocycles. The van der Waals surface area contributed by atoms with Crippen LogP contribution in [0.2, 0.25) is 0 Å². The molecule has 0 saturated heterocycles. The molecule has 0 aliphatic heterocycles. The third-order valence-electron chi connectivity index (χ3n) is 14.9. The van der Waals surface area contributed by atoms with Crippen LogP contribution in [0.5, 0.6) is 0 Å². The van der Waals surface area contributed by atoms with Crippen molar-refractivity contribution in [3.05, 3.63) is 173 Å². The molecule has 384 valence electrons. The highest BCUT2D eigenvalue weighted by Crippen LogP contribution is 2.48. The number of hydrogen-bond acceptors (Lipinski definition) is 6. The number of fused-ring (bicyclic) bond motifs is 4. The molecule has 0 bridgehead atoms. The summed E-state index contributed by atoms with van der Waals surface area (Å²) >= 11 is 0. The summed E-state index contributed by atoms with van der Waals surface area (Å²) in [5, 5.41) is 12.6. The number of hydrogen-bond donors (Lipinski definition) is 1. The van der Waals surface area contributed by atoms with Crippen LogP contribution in [0.25, 0.3) is 49.2 Å². The predicted molar refractivity (Wildman–Crippen MR) is 273 cm³/mol. The number of pyridine rings is 4. The summed E-state index contributed by atoms with van der Waals surface area (Å²) in [7, 11) is 0. The number of rotatable bonds is 4. The summed E-state index contributed by atoms with van der Waals surface area (Å²) in [4.78, 5) is 28.7. The summed E-state index contributed by atoms with van der Waals surface area (Å²) in [6.07, 6.45) is 17.1. The lowest BCUT2D eigenvalue weighted by Crippen LogP contribution is -2.30. The summed E-state index contributed by atoms with van der Waals surface area (Å²) < 4.78 is 110. The first-order chi connectivity index (χ1) is 35.7. The average Bonchev–Trinajstić information content (AvgIpc) is 3.39. The van der Waals surface area contributed by atoms with E-state index in [1.165, 1.54) is 73.1 Å². The molecular formula is C60H56F8N4O2. The number of carbonyl (C=O) groups excluding carboxylic acids is 1. The van der Waals surface area contributed by atoms with Crippen LogP contribution in [0.15, 0.2) is 128 Å². The van der Waals surface area contributed by atoms with Gasteiger partial charge in [0, 0.05) is 89.8 Å². The van der Waals surface area contributed by atoms with Gasteiger partial charge in [0.25, 0.3) is 11.8 Å². The standard InChI is InChI=1S/2C15H14F3N.2C15H14FNO/c2*16-10-4-5-14-12(9-10)11(6-8-19-14)13-3-1-2-7-15(13,17)18;2*16-10-5-6-14-13(9-10)11(7-8-17-14)12-3-1-2-4-15(12)18/h2*4-6,8-9,13H,1-3,7H2;5-9,18H,1-4H2;5-9,12H,1-4H2. The van der Waals surface area contributed by atoms with Gasteiger partial charge < -0.3 is 5.11 Å². The summed E-state index contributed by atoms with van der Waals surface area (Å²) in [6.45, 7) is 0. The molecule has 3 atom stereocenters. The number of aliphatic hydroxyl groups is 1. The summed E-state index contributed by atoms with van der Waals surface area (Å²) in [5.74, 6) is -7.81. The molecule has 3 unspecified atom stereocenters. The first-order valence-electron chi connectivity index (χ1n) is 25.5. The van der Waals surface area contributed by atoms with Crippen molar-refractivity contribution in [3.8, 4) is 0 Å². The monoisotopic (exact) mass is 1020 g/mol. The summed E-state index contributed by atoms with van der Waals surface area (Å²) in [5.41, 5.74) is 6.50. The van der Waals surface area contributed by atoms with E-state index < -0.39 is 35.3 Å². The van der Waals surface area contributed by atoms with Crippen LogP contribution < -0.4 is 0 Å². The van der Waals surface area contributed by atoms with Crippen molar-refractivity contribution in [1.82, 2.24) is 19.9 Å². The number of benzene rings is 4. The second-order valence-electron chi connectivity index (χ2n) is 19.7. The molecule has 4 aliphatic carbocycles. The zero-order valence-electron chi connectivity index (χ0n) is 40.8. The van der Waals surface area contributed by atoms with Gasteiger partial charge in [-0.25, -0.2) is 35.1 Å². The Labute approximate surface area is 424 Å². The minimum atomic E-state index is -2.71. The van der Waals surface area contributed by atoms with Crippen LogP contribution >= 0.6 is 0 Å². The maximum Gasteiger partial charge on any atom is 0.254 e. The van der Waals surface area contributed by atoms with E-state index in [0.717, 1.165) is 89.9 Å². The molecule has 0 spiro atoms. The first-order valence-corrected chi connectivity index (χ1v) is 25.5. The van der Waals surface area contributed by atoms with Gasteiger partial charge in [0.2, 0.25) is 0 Å². The third kappa shape index (κ3) is 11.7. The van der Waals surface area contributed by atoms with Gasteiger partial charge in [-0.1, -0.05) is 19.3 Å². The Morgan fingerprint density at radius 3 is 1.28 bits per heavy atom. The number of halogens is 8. The highest BCUT2D eigenvalue weighted by molar-refractivity contribution is 5.93. The topological polar surface area (TPSA) is 88.9 Å². The highest BCUT2D eigenvalue weighted by atomic mass is 19.3. The van der Waals surface area contributed by atoms with Gasteiger partial charge in [-0.15, -0.1) is 0 Å². The lowest BCUT2D eigenvalue weighted by atomic mass is 9.80. The fourth-order valence-electron chi connectivity index (χ4n) is 11.2. The Morgan fingerprint density at radius 2 is 0.824 bits per heavy atom. The molecule has 3 saturated carbocycles. The van der Waals surface area contributed by atoms with E-state index in [1.54, 1.807) is 36.7 Å². The Kier molecular flexibility index (Phi) is 16.0. The minimum Gasteiger partial charge on any atom is -0.512 e. The molecule has 14 heteroatoms. The van der Waals surface area contributed by atoms with Crippen molar-refractivity contribution >= 4 is 55.0 Å². The van der Waals surface area contributed by atoms with Crippen LogP contribution in [0.3, 0.4) is 0 Å². The van der Waals surface area contributed by atoms with Crippen molar-refractivity contribution in [2.24, 2.45) is 0 Å². The van der Waals surface area contributed by atoms with Crippen LogP contribution in [0.4, 0.5) is 35.1 Å². The fraction of sp³-hybridized carbons (Fsp3) is 0.350. The quantitative estimate of drug-likeness (QED) is 0.177. The number of ketones is 1. The van der Waals surface area contributed by atoms with E-state index in [-0.39, 0.29) is 36.2 Å². The number of Topliss-reactive ketones (excluding diaryl/α,β-unsaturated/α-hetero) is 1. The van der Waals surface area contributed by atoms with E-state index in [0.29, 0.717) is 77.2 Å². The largest absolute Gasteiger partial charge is 0.512 e. The molecule has 4 aliphatic rings. The molecule has 0 radical (unpaired) electrons. The Bertz CT molecular complexity index is 3240. The number of aromatic nitrogens is 4. The second-order valence-corrected chi connectivity index (χ2v) is 19.7. The van der Waals surface area contributed by atoms with E-state index in [4.69, 9.17) is 0 Å². The van der Waals surface area contributed by atoms with Gasteiger partial charge in [-0.3, -0.25) is 24.7 Å². The zero-order valence-corrected chi connectivity index (χ0v) is 40.8. The molecule has 1 N–H and O–H groups in total. The number of carbonyl (C=O) groups is 1. The number of nitrogens with zero attached hydrogens (tertiary/aromatic N) is 4. The molecular weight excluding hydrogens is 961 g/mol. The zero-order chi connectivity index (χ0) is 52.0. The highest BCUT2D eigenvalue weighted by Gasteiger charge is 2.44. The predicted octanol–water partition coefficient (Wildman–Crippen LogP) is 17.2. The van der Waals surface area contributed by atoms with Gasteiger partial charge >= 0.3 is 0 Å². The Morgan fingerprint density at radius 1 is 0.432 bits per heavy atom. The molecule has 4 aromatic carbocycles. The number of alkyl halides is 4. The normalized spacial score (nSPS) is 20.5. The average molecular weight is 1020 g/mol. The van der Waals surface area contributed by atoms with E-state index in [2.05, 4.69) is 19.9 Å².